The van der Waals surface area contributed by atoms with Gasteiger partial charge in [-0.3, -0.25) is 20.0 Å². The third-order valence-corrected chi connectivity index (χ3v) is 9.84. The van der Waals surface area contributed by atoms with Crippen LogP contribution in [-0.2, 0) is 4.74 Å². The van der Waals surface area contributed by atoms with E-state index in [1.807, 2.05) is 0 Å². The Morgan fingerprint density at radius 2 is 1.04 bits per heavy atom. The van der Waals surface area contributed by atoms with Crippen molar-refractivity contribution in [3.8, 4) is 0 Å². The first-order valence-corrected chi connectivity index (χ1v) is 16.1. The Labute approximate surface area is 280 Å². The molecule has 6 unspecified atom stereocenters. The van der Waals surface area contributed by atoms with Crippen molar-refractivity contribution >= 4 is 23.4 Å². The number of likely N-dealkylation sites (tertiary alicyclic amines) is 3. The fourth-order valence-corrected chi connectivity index (χ4v) is 7.01. The smallest absolute Gasteiger partial charge is 0.411 e. The van der Waals surface area contributed by atoms with Crippen LogP contribution < -0.4 is 5.32 Å². The highest BCUT2D eigenvalue weighted by Crippen LogP contribution is 2.47. The van der Waals surface area contributed by atoms with Crippen LogP contribution in [0.15, 0.2) is 24.3 Å². The number of nitrogens with one attached hydrogen (secondary N) is 1. The van der Waals surface area contributed by atoms with Crippen LogP contribution in [0.5, 0.6) is 0 Å². The number of carbonyl (C=O) groups excluding carboxylic acids is 1. The molecule has 1 aromatic carbocycles. The summed E-state index contributed by atoms with van der Waals surface area (Å²) < 4.78 is 180. The van der Waals surface area contributed by atoms with Crippen LogP contribution in [0.2, 0.25) is 5.02 Å². The summed E-state index contributed by atoms with van der Waals surface area (Å²) in [5.41, 5.74) is -3.38. The molecule has 1 amide bonds. The lowest BCUT2D eigenvalue weighted by atomic mass is 9.79. The molecule has 0 saturated carbocycles. The molecule has 4 rings (SSSR count). The zero-order chi connectivity index (χ0) is 36.4. The van der Waals surface area contributed by atoms with Crippen molar-refractivity contribution in [3.05, 3.63) is 29.3 Å². The molecule has 3 heterocycles. The molecule has 19 heteroatoms. The second-order valence-corrected chi connectivity index (χ2v) is 13.4. The number of benzene rings is 1. The summed E-state index contributed by atoms with van der Waals surface area (Å²) in [7, 11) is 0. The van der Waals surface area contributed by atoms with E-state index >= 15 is 13.2 Å². The third kappa shape index (κ3) is 9.58. The highest BCUT2D eigenvalue weighted by Gasteiger charge is 2.62. The van der Waals surface area contributed by atoms with E-state index in [1.165, 1.54) is 24.3 Å². The number of carbonyl (C=O) groups is 1. The van der Waals surface area contributed by atoms with Crippen LogP contribution in [0.1, 0.15) is 38.5 Å². The van der Waals surface area contributed by atoms with Crippen molar-refractivity contribution in [2.45, 2.75) is 75.9 Å². The van der Waals surface area contributed by atoms with Gasteiger partial charge < -0.3 is 4.74 Å². The number of amides is 1. The molecule has 0 spiro atoms. The molecule has 6 atom stereocenters. The molecular formula is C30H37ClF12N4O2. The van der Waals surface area contributed by atoms with E-state index < -0.39 is 132 Å². The fourth-order valence-electron chi connectivity index (χ4n) is 6.88. The van der Waals surface area contributed by atoms with Gasteiger partial charge in [-0.1, -0.05) is 11.6 Å². The summed E-state index contributed by atoms with van der Waals surface area (Å²) >= 11 is 5.82. The largest absolute Gasteiger partial charge is 0.448 e. The van der Waals surface area contributed by atoms with Gasteiger partial charge in [0, 0.05) is 50.0 Å². The summed E-state index contributed by atoms with van der Waals surface area (Å²) in [6.45, 7) is -6.30. The van der Waals surface area contributed by atoms with Gasteiger partial charge in [0.15, 0.2) is 18.9 Å². The quantitative estimate of drug-likeness (QED) is 0.203. The Bertz CT molecular complexity index is 1140. The van der Waals surface area contributed by atoms with Crippen molar-refractivity contribution < 1.29 is 62.2 Å². The Morgan fingerprint density at radius 1 is 0.694 bits per heavy atom. The SMILES string of the molecule is O=C(Nc1ccc(Cl)cc1)OCC(C(F)N1CCCC(C(F)(F)F)C1)(C(F)N1CCCC(C(F)(F)F)C1)C(F)N1CCCC(C(F)(F)F)C1. The summed E-state index contributed by atoms with van der Waals surface area (Å²) in [5.74, 6) is -6.43. The zero-order valence-corrected chi connectivity index (χ0v) is 26.8. The molecule has 0 aliphatic carbocycles. The number of hydrogen-bond donors (Lipinski definition) is 1. The van der Waals surface area contributed by atoms with Crippen LogP contribution >= 0.6 is 11.6 Å². The fraction of sp³-hybridized carbons (Fsp3) is 0.767. The van der Waals surface area contributed by atoms with Crippen molar-refractivity contribution in [2.24, 2.45) is 23.2 Å². The van der Waals surface area contributed by atoms with Gasteiger partial charge in [0.25, 0.3) is 0 Å². The van der Waals surface area contributed by atoms with Gasteiger partial charge in [0.05, 0.1) is 17.8 Å². The maximum absolute atomic E-state index is 17.1. The molecule has 0 aromatic heterocycles. The predicted molar refractivity (Wildman–Crippen MR) is 155 cm³/mol. The lowest BCUT2D eigenvalue weighted by Crippen LogP contribution is -2.68. The maximum atomic E-state index is 17.1. The van der Waals surface area contributed by atoms with Gasteiger partial charge in [-0.25, -0.2) is 18.0 Å². The molecule has 6 nitrogen and oxygen atoms in total. The molecule has 3 aliphatic rings. The summed E-state index contributed by atoms with van der Waals surface area (Å²) in [4.78, 5) is 14.3. The first-order chi connectivity index (χ1) is 22.7. The molecular weight excluding hydrogens is 712 g/mol. The monoisotopic (exact) mass is 748 g/mol. The summed E-state index contributed by atoms with van der Waals surface area (Å²) in [6, 6.07) is 5.29. The summed E-state index contributed by atoms with van der Waals surface area (Å²) in [6.07, 6.45) is -27.5. The highest BCUT2D eigenvalue weighted by atomic mass is 35.5. The van der Waals surface area contributed by atoms with Crippen LogP contribution in [0.4, 0.5) is 63.2 Å². The number of rotatable bonds is 9. The van der Waals surface area contributed by atoms with Gasteiger partial charge in [-0.2, -0.15) is 39.5 Å². The minimum absolute atomic E-state index is 0.0440. The Kier molecular flexibility index (Phi) is 12.6. The van der Waals surface area contributed by atoms with Crippen LogP contribution in [0.3, 0.4) is 0 Å². The van der Waals surface area contributed by atoms with Gasteiger partial charge in [0.2, 0.25) is 0 Å². The highest BCUT2D eigenvalue weighted by molar-refractivity contribution is 6.30. The van der Waals surface area contributed by atoms with E-state index in [0.29, 0.717) is 14.7 Å². The van der Waals surface area contributed by atoms with Crippen molar-refractivity contribution in [2.75, 3.05) is 51.2 Å². The average molecular weight is 749 g/mol. The van der Waals surface area contributed by atoms with E-state index in [0.717, 1.165) is 0 Å². The minimum Gasteiger partial charge on any atom is -0.448 e. The normalized spacial score (nSPS) is 27.2. The first-order valence-electron chi connectivity index (χ1n) is 15.8. The van der Waals surface area contributed by atoms with E-state index in [-0.39, 0.29) is 30.0 Å². The maximum Gasteiger partial charge on any atom is 0.411 e. The van der Waals surface area contributed by atoms with E-state index in [9.17, 15) is 44.3 Å². The molecule has 3 saturated heterocycles. The molecule has 3 aliphatic heterocycles. The lowest BCUT2D eigenvalue weighted by molar-refractivity contribution is -0.248. The topological polar surface area (TPSA) is 48.1 Å². The average Bonchev–Trinajstić information content (AvgIpc) is 3.04. The van der Waals surface area contributed by atoms with E-state index in [4.69, 9.17) is 16.3 Å². The Hall–Kier alpha value is -2.18. The first kappa shape index (κ1) is 39.6. The molecule has 0 bridgehead atoms. The predicted octanol–water partition coefficient (Wildman–Crippen LogP) is 8.58. The number of anilines is 1. The van der Waals surface area contributed by atoms with Crippen LogP contribution in [0.25, 0.3) is 0 Å². The van der Waals surface area contributed by atoms with Crippen molar-refractivity contribution in [1.29, 1.82) is 0 Å². The van der Waals surface area contributed by atoms with Gasteiger partial charge >= 0.3 is 24.6 Å². The van der Waals surface area contributed by atoms with Gasteiger partial charge in [-0.15, -0.1) is 0 Å². The summed E-state index contributed by atoms with van der Waals surface area (Å²) in [5, 5.41) is 2.46. The number of halogens is 13. The second kappa shape index (κ2) is 15.6. The molecule has 1 N–H and O–H groups in total. The van der Waals surface area contributed by atoms with Crippen molar-refractivity contribution in [1.82, 2.24) is 14.7 Å². The second-order valence-electron chi connectivity index (χ2n) is 13.0. The Balaban J connectivity index is 1.77. The lowest BCUT2D eigenvalue weighted by Gasteiger charge is -2.52. The zero-order valence-electron chi connectivity index (χ0n) is 26.0. The minimum atomic E-state index is -4.85. The number of piperidine rings is 3. The standard InChI is InChI=1S/C30H37ClF12N4O2/c31-21-7-9-22(10-8-21)44-26(48)49-17-27(23(32)45-11-1-4-18(14-45)28(35,36)37,24(33)46-12-2-5-19(15-46)29(38,39)40)25(34)47-13-3-6-20(16-47)30(41,42)43/h7-10,18-20,23-25H,1-6,11-17H2,(H,44,48). The number of alkyl halides is 12. The Morgan fingerprint density at radius 3 is 1.37 bits per heavy atom. The van der Waals surface area contributed by atoms with Gasteiger partial charge in [-0.05, 0) is 62.8 Å². The number of hydrogen-bond acceptors (Lipinski definition) is 5. The molecule has 280 valence electrons. The van der Waals surface area contributed by atoms with E-state index in [1.54, 1.807) is 0 Å². The third-order valence-electron chi connectivity index (χ3n) is 9.58. The molecule has 0 radical (unpaired) electrons. The number of ether oxygens (including phenoxy) is 1. The van der Waals surface area contributed by atoms with Gasteiger partial charge in [0.1, 0.15) is 12.0 Å². The molecule has 49 heavy (non-hydrogen) atoms. The number of nitrogens with zero attached hydrogens (tertiary/aromatic N) is 3. The molecule has 1 aromatic rings. The van der Waals surface area contributed by atoms with E-state index in [2.05, 4.69) is 5.32 Å². The molecule has 3 fully saturated rings. The van der Waals surface area contributed by atoms with Crippen LogP contribution in [0, 0.1) is 23.2 Å². The van der Waals surface area contributed by atoms with Crippen molar-refractivity contribution in [3.63, 3.8) is 0 Å². The van der Waals surface area contributed by atoms with Crippen LogP contribution in [-0.4, -0.2) is 104 Å².